The molecule has 0 fully saturated rings. The largest absolute Gasteiger partial charge is 0.453 e. The first-order valence-electron chi connectivity index (χ1n) is 44.5. The number of hydrogen-bond acceptors (Lipinski definition) is 3. The number of hydrogen-bond donors (Lipinski definition) is 0. The van der Waals surface area contributed by atoms with Gasteiger partial charge in [-0.25, -0.2) is 0 Å². The minimum atomic E-state index is -0.592. The molecule has 0 saturated heterocycles. The standard InChI is InChI=1S/C119H115BN2O/c1-112(2,3)85-58-79(59-86(69-85)113(4,5)6)76-53-56-101-104(65-76)121(103-51-37-49-96-95-48-36-47-92(110(95)123-111(96)103)78-52-55-94-93-46-34-35-50-99(93)119(100(94)64-78,83-42-30-24-31-43-83)84-44-32-25-33-45-84)106-67-82(81-62-89(116(13,14)15)71-90(63-81)117(16,17)18)68-107-108(106)120(101)102-57-54-77(80-60-87(114(7,8)9)70-88(61-80)115(10,11)12)66-105(102)122(107)109-97(74-38-26-22-27-39-74)72-91(118(19,20)21)73-98(109)75-40-28-23-29-41-75/h22-73H,1-21H3. The molecule has 0 unspecified atom stereocenters. The lowest BCUT2D eigenvalue weighted by Gasteiger charge is -2.45. The summed E-state index contributed by atoms with van der Waals surface area (Å²) in [6.45, 7) is 49.4. The summed E-state index contributed by atoms with van der Waals surface area (Å²) in [7, 11) is 0. The van der Waals surface area contributed by atoms with Crippen LogP contribution in [0.4, 0.5) is 34.1 Å². The molecule has 3 nitrogen and oxygen atoms in total. The van der Waals surface area contributed by atoms with Crippen LogP contribution in [-0.4, -0.2) is 6.71 Å². The van der Waals surface area contributed by atoms with Gasteiger partial charge in [0.2, 0.25) is 0 Å². The second kappa shape index (κ2) is 29.0. The van der Waals surface area contributed by atoms with E-state index >= 15 is 0 Å². The Labute approximate surface area is 731 Å². The Balaban J connectivity index is 0.960. The van der Waals surface area contributed by atoms with Crippen molar-refractivity contribution >= 4 is 79.2 Å². The van der Waals surface area contributed by atoms with Crippen molar-refractivity contribution in [1.29, 1.82) is 0 Å². The van der Waals surface area contributed by atoms with Crippen LogP contribution in [0.5, 0.6) is 0 Å². The van der Waals surface area contributed by atoms with E-state index in [1.807, 2.05) is 0 Å². The highest BCUT2D eigenvalue weighted by atomic mass is 16.3. The van der Waals surface area contributed by atoms with Crippen molar-refractivity contribution < 1.29 is 4.42 Å². The summed E-state index contributed by atoms with van der Waals surface area (Å²) in [5.41, 5.74) is 40.7. The van der Waals surface area contributed by atoms with Crippen molar-refractivity contribution in [3.63, 3.8) is 0 Å². The lowest BCUT2D eigenvalue weighted by molar-refractivity contribution is 0.568. The van der Waals surface area contributed by atoms with Gasteiger partial charge in [0.05, 0.1) is 16.8 Å². The normalized spacial score (nSPS) is 13.9. The summed E-state index contributed by atoms with van der Waals surface area (Å²) < 4.78 is 8.07. The van der Waals surface area contributed by atoms with Gasteiger partial charge in [-0.2, -0.15) is 0 Å². The van der Waals surface area contributed by atoms with Crippen LogP contribution in [0.1, 0.15) is 207 Å². The van der Waals surface area contributed by atoms with Crippen LogP contribution in [-0.2, 0) is 43.3 Å². The van der Waals surface area contributed by atoms with E-state index in [1.54, 1.807) is 0 Å². The topological polar surface area (TPSA) is 19.6 Å². The molecule has 610 valence electrons. The molecule has 0 radical (unpaired) electrons. The van der Waals surface area contributed by atoms with Crippen LogP contribution in [0, 0.1) is 0 Å². The van der Waals surface area contributed by atoms with E-state index in [-0.39, 0.29) is 44.6 Å². The minimum absolute atomic E-state index is 0.119. The number of benzene rings is 15. The summed E-state index contributed by atoms with van der Waals surface area (Å²) in [6, 6.07) is 123. The third-order valence-corrected chi connectivity index (χ3v) is 26.9. The van der Waals surface area contributed by atoms with E-state index in [2.05, 4.69) is 471 Å². The minimum Gasteiger partial charge on any atom is -0.453 e. The van der Waals surface area contributed by atoms with Crippen LogP contribution in [0.25, 0.3) is 99.8 Å². The molecule has 1 aromatic heterocycles. The molecule has 16 aromatic rings. The van der Waals surface area contributed by atoms with Crippen LogP contribution in [0.3, 0.4) is 0 Å². The van der Waals surface area contributed by atoms with E-state index < -0.39 is 5.41 Å². The van der Waals surface area contributed by atoms with Crippen LogP contribution in [0.15, 0.2) is 320 Å². The van der Waals surface area contributed by atoms with Gasteiger partial charge in [0.25, 0.3) is 6.71 Å². The molecule has 15 aromatic carbocycles. The molecule has 19 rings (SSSR count). The fraction of sp³-hybridized carbons (Fsp3) is 0.244. The van der Waals surface area contributed by atoms with Crippen molar-refractivity contribution in [2.24, 2.45) is 0 Å². The molecule has 0 atom stereocenters. The smallest absolute Gasteiger partial charge is 0.252 e. The number of para-hydroxylation sites is 2. The van der Waals surface area contributed by atoms with Gasteiger partial charge < -0.3 is 14.2 Å². The molecule has 0 N–H and O–H groups in total. The Morgan fingerprint density at radius 2 is 0.577 bits per heavy atom. The second-order valence-electron chi connectivity index (χ2n) is 42.6. The molecule has 3 heterocycles. The first-order chi connectivity index (χ1) is 58.4. The van der Waals surface area contributed by atoms with Crippen LogP contribution < -0.4 is 26.2 Å². The Morgan fingerprint density at radius 3 is 1.03 bits per heavy atom. The maximum absolute atomic E-state index is 8.07. The first-order valence-corrected chi connectivity index (χ1v) is 44.5. The molecule has 0 saturated carbocycles. The van der Waals surface area contributed by atoms with Crippen molar-refractivity contribution in [2.45, 2.75) is 189 Å². The maximum atomic E-state index is 8.07. The van der Waals surface area contributed by atoms with E-state index in [4.69, 9.17) is 4.42 Å². The van der Waals surface area contributed by atoms with Gasteiger partial charge >= 0.3 is 0 Å². The number of furan rings is 1. The zero-order chi connectivity index (χ0) is 86.1. The zero-order valence-corrected chi connectivity index (χ0v) is 75.9. The lowest BCUT2D eigenvalue weighted by atomic mass is 9.33. The molecular formula is C119H115BN2O. The molecule has 3 aliphatic rings. The van der Waals surface area contributed by atoms with E-state index in [0.29, 0.717) is 0 Å². The highest BCUT2D eigenvalue weighted by molar-refractivity contribution is 7.00. The van der Waals surface area contributed by atoms with Gasteiger partial charge in [0, 0.05) is 50.2 Å². The number of anilines is 6. The Hall–Kier alpha value is -12.2. The van der Waals surface area contributed by atoms with Gasteiger partial charge in [0.15, 0.2) is 5.58 Å². The Kier molecular flexibility index (Phi) is 18.9. The Morgan fingerprint density at radius 1 is 0.228 bits per heavy atom. The zero-order valence-electron chi connectivity index (χ0n) is 75.9. The lowest BCUT2D eigenvalue weighted by Crippen LogP contribution is -2.61. The Bertz CT molecular complexity index is 6690. The third-order valence-electron chi connectivity index (χ3n) is 26.9. The number of fused-ring (bicyclic) bond motifs is 10. The van der Waals surface area contributed by atoms with Crippen molar-refractivity contribution in [3.05, 3.63) is 377 Å². The highest BCUT2D eigenvalue weighted by Crippen LogP contribution is 2.59. The van der Waals surface area contributed by atoms with Gasteiger partial charge in [0.1, 0.15) is 5.58 Å². The van der Waals surface area contributed by atoms with Gasteiger partial charge in [-0.05, 0) is 225 Å². The maximum Gasteiger partial charge on any atom is 0.252 e. The average molecular weight is 1600 g/mol. The third kappa shape index (κ3) is 13.8. The number of nitrogens with zero attached hydrogens (tertiary/aromatic N) is 2. The van der Waals surface area contributed by atoms with Crippen molar-refractivity contribution in [1.82, 2.24) is 0 Å². The molecule has 1 aliphatic carbocycles. The molecule has 2 aliphatic heterocycles. The molecule has 0 amide bonds. The van der Waals surface area contributed by atoms with Crippen LogP contribution >= 0.6 is 0 Å². The van der Waals surface area contributed by atoms with Gasteiger partial charge in [-0.1, -0.05) is 412 Å². The first kappa shape index (κ1) is 80.5. The fourth-order valence-corrected chi connectivity index (χ4v) is 19.8. The predicted molar refractivity (Wildman–Crippen MR) is 529 cm³/mol. The van der Waals surface area contributed by atoms with Crippen molar-refractivity contribution in [2.75, 3.05) is 9.80 Å². The van der Waals surface area contributed by atoms with E-state index in [0.717, 1.165) is 101 Å². The fourth-order valence-electron chi connectivity index (χ4n) is 19.8. The average Bonchev–Trinajstić information content (AvgIpc) is 1.53. The molecule has 4 heteroatoms. The molecule has 0 bridgehead atoms. The van der Waals surface area contributed by atoms with E-state index in [9.17, 15) is 0 Å². The molecular weight excluding hydrogens is 1480 g/mol. The van der Waals surface area contributed by atoms with Crippen molar-refractivity contribution in [3.8, 4) is 77.9 Å². The van der Waals surface area contributed by atoms with Gasteiger partial charge in [-0.15, -0.1) is 0 Å². The van der Waals surface area contributed by atoms with Gasteiger partial charge in [-0.3, -0.25) is 0 Å². The van der Waals surface area contributed by atoms with E-state index in [1.165, 1.54) is 111 Å². The number of rotatable bonds is 10. The summed E-state index contributed by atoms with van der Waals surface area (Å²) in [6.07, 6.45) is 0. The van der Waals surface area contributed by atoms with Crippen LogP contribution in [0.2, 0.25) is 0 Å². The molecule has 0 spiro atoms. The SMILES string of the molecule is CC(C)(C)c1cc(-c2ccc3c(c2)N(c2c(-c4ccccc4)cc(C(C)(C)C)cc2-c2ccccc2)c2cc(-c4cc(C(C)(C)C)cc(C(C)(C)C)c4)cc4c2B3c2ccc(-c3cc(C(C)(C)C)cc(C(C)(C)C)c3)cc2N4c2cccc3c2oc2c(-c4ccc5c(c4)C(c4ccccc4)(c4ccccc4)c4ccccc4-5)cccc23)cc(C(C)(C)C)c1. The second-order valence-corrected chi connectivity index (χ2v) is 42.6. The summed E-state index contributed by atoms with van der Waals surface area (Å²) in [5.74, 6) is 0. The summed E-state index contributed by atoms with van der Waals surface area (Å²) >= 11 is 0. The summed E-state index contributed by atoms with van der Waals surface area (Å²) in [4.78, 5) is 5.41. The monoisotopic (exact) mass is 1600 g/mol. The molecule has 123 heavy (non-hydrogen) atoms. The highest BCUT2D eigenvalue weighted by Gasteiger charge is 2.49. The quantitative estimate of drug-likeness (QED) is 0.127. The predicted octanol–water partition coefficient (Wildman–Crippen LogP) is 31.1. The summed E-state index contributed by atoms with van der Waals surface area (Å²) in [5, 5.41) is 2.11.